The van der Waals surface area contributed by atoms with Crippen molar-refractivity contribution in [2.45, 2.75) is 6.54 Å². The molecule has 0 atom stereocenters. The van der Waals surface area contributed by atoms with Crippen LogP contribution < -0.4 is 0 Å². The zero-order valence-electron chi connectivity index (χ0n) is 16.0. The summed E-state index contributed by atoms with van der Waals surface area (Å²) in [6.07, 6.45) is 7.52. The van der Waals surface area contributed by atoms with E-state index in [1.54, 1.807) is 6.20 Å². The molecule has 5 nitrogen and oxygen atoms in total. The summed E-state index contributed by atoms with van der Waals surface area (Å²) in [6.45, 7) is 0.664. The minimum absolute atomic E-state index is 0.664. The molecule has 3 aromatic heterocycles. The van der Waals surface area contributed by atoms with E-state index in [-0.39, 0.29) is 0 Å². The lowest BCUT2D eigenvalue weighted by Gasteiger charge is -2.03. The fourth-order valence-electron chi connectivity index (χ4n) is 3.38. The molecule has 5 rings (SSSR count). The fourth-order valence-corrected chi connectivity index (χ4v) is 3.59. The first-order valence-electron chi connectivity index (χ1n) is 9.59. The molecule has 0 spiro atoms. The lowest BCUT2D eigenvalue weighted by Crippen LogP contribution is -1.99. The highest BCUT2D eigenvalue weighted by Gasteiger charge is 2.09. The lowest BCUT2D eigenvalue weighted by atomic mass is 10.1. The van der Waals surface area contributed by atoms with Gasteiger partial charge < -0.3 is 4.98 Å². The predicted octanol–water partition coefficient (Wildman–Crippen LogP) is 5.70. The molecule has 0 radical (unpaired) electrons. The van der Waals surface area contributed by atoms with Gasteiger partial charge in [-0.1, -0.05) is 54.1 Å². The molecule has 30 heavy (non-hydrogen) atoms. The van der Waals surface area contributed by atoms with E-state index in [2.05, 4.69) is 32.2 Å². The minimum Gasteiger partial charge on any atom is -0.337 e. The van der Waals surface area contributed by atoms with Crippen molar-refractivity contribution in [2.24, 2.45) is 0 Å². The van der Waals surface area contributed by atoms with E-state index >= 15 is 0 Å². The Balaban J connectivity index is 1.39. The molecule has 0 unspecified atom stereocenters. The monoisotopic (exact) mass is 411 g/mol. The van der Waals surface area contributed by atoms with E-state index in [0.29, 0.717) is 6.54 Å². The summed E-state index contributed by atoms with van der Waals surface area (Å²) < 4.78 is 1.90. The Morgan fingerprint density at radius 3 is 2.60 bits per heavy atom. The van der Waals surface area contributed by atoms with Crippen LogP contribution in [0.2, 0.25) is 5.02 Å². The molecule has 0 saturated heterocycles. The van der Waals surface area contributed by atoms with E-state index in [0.717, 1.165) is 44.5 Å². The van der Waals surface area contributed by atoms with Gasteiger partial charge in [-0.25, -0.2) is 4.98 Å². The number of nitrogens with zero attached hydrogens (tertiary/aromatic N) is 4. The Morgan fingerprint density at radius 1 is 0.833 bits per heavy atom. The Bertz CT molecular complexity index is 1290. The minimum atomic E-state index is 0.664. The number of halogens is 1. The maximum atomic E-state index is 6.08. The number of aromatic amines is 1. The van der Waals surface area contributed by atoms with Crippen LogP contribution in [0, 0.1) is 0 Å². The van der Waals surface area contributed by atoms with Crippen molar-refractivity contribution in [2.75, 3.05) is 0 Å². The van der Waals surface area contributed by atoms with Crippen LogP contribution in [0.1, 0.15) is 5.56 Å². The molecule has 0 fully saturated rings. The number of pyridine rings is 1. The topological polar surface area (TPSA) is 59.4 Å². The van der Waals surface area contributed by atoms with Crippen molar-refractivity contribution in [3.05, 3.63) is 102 Å². The molecule has 5 aromatic rings. The van der Waals surface area contributed by atoms with Crippen LogP contribution in [0.4, 0.5) is 0 Å². The summed E-state index contributed by atoms with van der Waals surface area (Å²) in [5.41, 5.74) is 6.02. The van der Waals surface area contributed by atoms with Crippen molar-refractivity contribution in [3.8, 4) is 33.9 Å². The van der Waals surface area contributed by atoms with Crippen LogP contribution in [0.3, 0.4) is 0 Å². The normalized spacial score (nSPS) is 11.0. The maximum Gasteiger partial charge on any atom is 0.156 e. The second-order valence-corrected chi connectivity index (χ2v) is 7.43. The molecule has 0 aliphatic rings. The average Bonchev–Trinajstić information content (AvgIpc) is 3.45. The van der Waals surface area contributed by atoms with Crippen LogP contribution in [-0.4, -0.2) is 24.7 Å². The van der Waals surface area contributed by atoms with Crippen molar-refractivity contribution >= 4 is 11.6 Å². The molecule has 3 heterocycles. The standard InChI is InChI=1S/C24H18ClN5/c25-21-8-4-5-17(11-21)15-30-16-20(13-28-30)19-9-10-26-22(12-19)24-27-14-23(29-24)18-6-2-1-3-7-18/h1-14,16H,15H2,(H,27,29). The van der Waals surface area contributed by atoms with E-state index in [1.807, 2.05) is 77.9 Å². The summed E-state index contributed by atoms with van der Waals surface area (Å²) in [6, 6.07) is 21.9. The van der Waals surface area contributed by atoms with Gasteiger partial charge in [0.1, 0.15) is 5.69 Å². The SMILES string of the molecule is Clc1cccc(Cn2cc(-c3ccnc(-c4ncc(-c5ccccc5)[nH]4)c3)cn2)c1. The molecule has 6 heteroatoms. The Kier molecular flexibility index (Phi) is 4.87. The number of H-pyrrole nitrogens is 1. The van der Waals surface area contributed by atoms with Gasteiger partial charge >= 0.3 is 0 Å². The Labute approximate surface area is 179 Å². The first-order valence-corrected chi connectivity index (χ1v) is 9.96. The lowest BCUT2D eigenvalue weighted by molar-refractivity contribution is 0.687. The van der Waals surface area contributed by atoms with Gasteiger partial charge in [-0.3, -0.25) is 9.67 Å². The van der Waals surface area contributed by atoms with Gasteiger partial charge in [0.05, 0.1) is 24.6 Å². The molecule has 0 aliphatic heterocycles. The zero-order valence-corrected chi connectivity index (χ0v) is 16.8. The molecule has 0 aliphatic carbocycles. The van der Waals surface area contributed by atoms with Gasteiger partial charge in [-0.15, -0.1) is 0 Å². The molecule has 146 valence electrons. The Hall–Kier alpha value is -3.70. The van der Waals surface area contributed by atoms with E-state index in [1.165, 1.54) is 0 Å². The van der Waals surface area contributed by atoms with Crippen LogP contribution >= 0.6 is 11.6 Å². The third kappa shape index (κ3) is 3.88. The van der Waals surface area contributed by atoms with Gasteiger partial charge in [0.25, 0.3) is 0 Å². The molecule has 2 aromatic carbocycles. The van der Waals surface area contributed by atoms with Crippen molar-refractivity contribution in [1.29, 1.82) is 0 Å². The molecule has 1 N–H and O–H groups in total. The first kappa shape index (κ1) is 18.3. The van der Waals surface area contributed by atoms with E-state index in [9.17, 15) is 0 Å². The van der Waals surface area contributed by atoms with Crippen LogP contribution in [0.15, 0.2) is 91.5 Å². The summed E-state index contributed by atoms with van der Waals surface area (Å²) in [4.78, 5) is 12.4. The average molecular weight is 412 g/mol. The highest BCUT2D eigenvalue weighted by Crippen LogP contribution is 2.25. The second kappa shape index (κ2) is 7.97. The molecular formula is C24H18ClN5. The molecule has 0 amide bonds. The molecular weight excluding hydrogens is 394 g/mol. The molecule has 0 saturated carbocycles. The third-order valence-corrected chi connectivity index (χ3v) is 5.10. The number of benzene rings is 2. The second-order valence-electron chi connectivity index (χ2n) is 7.00. The number of aromatic nitrogens is 5. The first-order chi connectivity index (χ1) is 14.7. The fraction of sp³-hybridized carbons (Fsp3) is 0.0417. The molecule has 0 bridgehead atoms. The quantitative estimate of drug-likeness (QED) is 0.403. The Morgan fingerprint density at radius 2 is 1.73 bits per heavy atom. The zero-order chi connectivity index (χ0) is 20.3. The summed E-state index contributed by atoms with van der Waals surface area (Å²) in [5, 5.41) is 5.22. The largest absolute Gasteiger partial charge is 0.337 e. The van der Waals surface area contributed by atoms with Gasteiger partial charge in [-0.2, -0.15) is 5.10 Å². The highest BCUT2D eigenvalue weighted by molar-refractivity contribution is 6.30. The van der Waals surface area contributed by atoms with Crippen LogP contribution in [0.25, 0.3) is 33.9 Å². The predicted molar refractivity (Wildman–Crippen MR) is 119 cm³/mol. The number of hydrogen-bond acceptors (Lipinski definition) is 3. The van der Waals surface area contributed by atoms with Crippen LogP contribution in [-0.2, 0) is 6.54 Å². The highest BCUT2D eigenvalue weighted by atomic mass is 35.5. The van der Waals surface area contributed by atoms with Crippen molar-refractivity contribution in [3.63, 3.8) is 0 Å². The summed E-state index contributed by atoms with van der Waals surface area (Å²) >= 11 is 6.08. The van der Waals surface area contributed by atoms with E-state index < -0.39 is 0 Å². The van der Waals surface area contributed by atoms with Gasteiger partial charge in [-0.05, 0) is 41.0 Å². The maximum absolute atomic E-state index is 6.08. The van der Waals surface area contributed by atoms with Gasteiger partial charge in [0.2, 0.25) is 0 Å². The summed E-state index contributed by atoms with van der Waals surface area (Å²) in [7, 11) is 0. The van der Waals surface area contributed by atoms with Gasteiger partial charge in [0.15, 0.2) is 5.82 Å². The van der Waals surface area contributed by atoms with Crippen LogP contribution in [0.5, 0.6) is 0 Å². The van der Waals surface area contributed by atoms with Crippen molar-refractivity contribution in [1.82, 2.24) is 24.7 Å². The van der Waals surface area contributed by atoms with Gasteiger partial charge in [0, 0.05) is 23.0 Å². The number of imidazole rings is 1. The number of rotatable bonds is 5. The number of nitrogens with one attached hydrogen (secondary N) is 1. The smallest absolute Gasteiger partial charge is 0.156 e. The summed E-state index contributed by atoms with van der Waals surface area (Å²) in [5.74, 6) is 0.738. The third-order valence-electron chi connectivity index (χ3n) is 4.86. The van der Waals surface area contributed by atoms with Crippen molar-refractivity contribution < 1.29 is 0 Å². The van der Waals surface area contributed by atoms with E-state index in [4.69, 9.17) is 11.6 Å². The number of hydrogen-bond donors (Lipinski definition) is 1.